The van der Waals surface area contributed by atoms with Crippen LogP contribution in [0.15, 0.2) is 30.3 Å². The molecule has 1 aromatic rings. The normalized spacial score (nSPS) is 14.1. The van der Waals surface area contributed by atoms with E-state index in [9.17, 15) is 4.79 Å². The first-order valence-corrected chi connectivity index (χ1v) is 8.57. The summed E-state index contributed by atoms with van der Waals surface area (Å²) in [6.07, 6.45) is 2.65. The van der Waals surface area contributed by atoms with Gasteiger partial charge in [-0.05, 0) is 59.1 Å². The Morgan fingerprint density at radius 3 is 2.43 bits per heavy atom. The lowest BCUT2D eigenvalue weighted by molar-refractivity contribution is 0.0506. The molecule has 0 saturated heterocycles. The molecular weight excluding hydrogens is 288 g/mol. The molecule has 0 bridgehead atoms. The SMILES string of the molecule is CCC(Cc1ccccc1)NCCC(C)NC(=O)OC(C)(C)C. The van der Waals surface area contributed by atoms with E-state index in [-0.39, 0.29) is 12.1 Å². The van der Waals surface area contributed by atoms with E-state index < -0.39 is 5.60 Å². The van der Waals surface area contributed by atoms with Crippen molar-refractivity contribution in [2.75, 3.05) is 6.54 Å². The average Bonchev–Trinajstić information content (AvgIpc) is 2.45. The number of carbonyl (C=O) groups is 1. The molecule has 0 radical (unpaired) electrons. The lowest BCUT2D eigenvalue weighted by atomic mass is 10.0. The topological polar surface area (TPSA) is 50.4 Å². The monoisotopic (exact) mass is 320 g/mol. The Morgan fingerprint density at radius 2 is 1.87 bits per heavy atom. The number of rotatable bonds is 8. The van der Waals surface area contributed by atoms with E-state index in [0.29, 0.717) is 6.04 Å². The second kappa shape index (κ2) is 9.56. The van der Waals surface area contributed by atoms with Crippen LogP contribution in [-0.4, -0.2) is 30.3 Å². The number of hydrogen-bond donors (Lipinski definition) is 2. The molecular formula is C19H32N2O2. The third-order valence-electron chi connectivity index (χ3n) is 3.59. The zero-order valence-electron chi connectivity index (χ0n) is 15.2. The molecule has 0 aliphatic rings. The van der Waals surface area contributed by atoms with Gasteiger partial charge in [0.25, 0.3) is 0 Å². The van der Waals surface area contributed by atoms with Crippen molar-refractivity contribution < 1.29 is 9.53 Å². The van der Waals surface area contributed by atoms with Crippen molar-refractivity contribution in [1.29, 1.82) is 0 Å². The van der Waals surface area contributed by atoms with Crippen molar-refractivity contribution in [2.45, 2.75) is 71.6 Å². The minimum atomic E-state index is -0.453. The van der Waals surface area contributed by atoms with Gasteiger partial charge in [0.05, 0.1) is 0 Å². The molecule has 2 unspecified atom stereocenters. The lowest BCUT2D eigenvalue weighted by Gasteiger charge is -2.23. The molecule has 0 aromatic heterocycles. The summed E-state index contributed by atoms with van der Waals surface area (Å²) in [5, 5.41) is 6.45. The Morgan fingerprint density at radius 1 is 1.22 bits per heavy atom. The summed E-state index contributed by atoms with van der Waals surface area (Å²) in [5.74, 6) is 0. The summed E-state index contributed by atoms with van der Waals surface area (Å²) in [4.78, 5) is 11.7. The summed E-state index contributed by atoms with van der Waals surface area (Å²) in [6, 6.07) is 11.1. The van der Waals surface area contributed by atoms with Crippen LogP contribution in [0.2, 0.25) is 0 Å². The van der Waals surface area contributed by atoms with Crippen LogP contribution in [0.4, 0.5) is 4.79 Å². The summed E-state index contributed by atoms with van der Waals surface area (Å²) >= 11 is 0. The summed E-state index contributed by atoms with van der Waals surface area (Å²) < 4.78 is 5.27. The molecule has 0 spiro atoms. The molecule has 1 aromatic carbocycles. The first-order chi connectivity index (χ1) is 10.8. The Hall–Kier alpha value is -1.55. The van der Waals surface area contributed by atoms with Crippen molar-refractivity contribution in [2.24, 2.45) is 0 Å². The minimum Gasteiger partial charge on any atom is -0.444 e. The fourth-order valence-electron chi connectivity index (χ4n) is 2.34. The van der Waals surface area contributed by atoms with Crippen LogP contribution in [0.1, 0.15) is 53.0 Å². The van der Waals surface area contributed by atoms with Crippen LogP contribution in [0, 0.1) is 0 Å². The van der Waals surface area contributed by atoms with Gasteiger partial charge < -0.3 is 15.4 Å². The van der Waals surface area contributed by atoms with Crippen molar-refractivity contribution in [1.82, 2.24) is 10.6 Å². The Balaban J connectivity index is 2.27. The van der Waals surface area contributed by atoms with Crippen LogP contribution in [0.25, 0.3) is 0 Å². The van der Waals surface area contributed by atoms with E-state index in [0.717, 1.165) is 25.8 Å². The highest BCUT2D eigenvalue weighted by molar-refractivity contribution is 5.67. The molecule has 0 heterocycles. The third-order valence-corrected chi connectivity index (χ3v) is 3.59. The lowest BCUT2D eigenvalue weighted by Crippen LogP contribution is -2.40. The smallest absolute Gasteiger partial charge is 0.407 e. The Bertz CT molecular complexity index is 454. The van der Waals surface area contributed by atoms with Gasteiger partial charge in [-0.2, -0.15) is 0 Å². The van der Waals surface area contributed by atoms with Crippen molar-refractivity contribution in [3.63, 3.8) is 0 Å². The maximum Gasteiger partial charge on any atom is 0.407 e. The molecule has 0 saturated carbocycles. The minimum absolute atomic E-state index is 0.0894. The molecule has 130 valence electrons. The fraction of sp³-hybridized carbons (Fsp3) is 0.632. The number of alkyl carbamates (subject to hydrolysis) is 1. The summed E-state index contributed by atoms with van der Waals surface area (Å²) in [5.41, 5.74) is 0.900. The van der Waals surface area contributed by atoms with E-state index in [4.69, 9.17) is 4.74 Å². The quantitative estimate of drug-likeness (QED) is 0.764. The Labute approximate surface area is 141 Å². The van der Waals surface area contributed by atoms with E-state index in [1.807, 2.05) is 33.8 Å². The Kier molecular flexibility index (Phi) is 8.10. The molecule has 4 nitrogen and oxygen atoms in total. The van der Waals surface area contributed by atoms with E-state index in [1.165, 1.54) is 5.56 Å². The number of carbonyl (C=O) groups excluding carboxylic acids is 1. The van der Waals surface area contributed by atoms with Gasteiger partial charge in [-0.25, -0.2) is 4.79 Å². The second-order valence-corrected chi connectivity index (χ2v) is 7.08. The predicted octanol–water partition coefficient (Wildman–Crippen LogP) is 3.90. The maximum atomic E-state index is 11.7. The van der Waals surface area contributed by atoms with Gasteiger partial charge in [0.2, 0.25) is 0 Å². The first kappa shape index (κ1) is 19.5. The van der Waals surface area contributed by atoms with E-state index >= 15 is 0 Å². The molecule has 1 amide bonds. The highest BCUT2D eigenvalue weighted by Gasteiger charge is 2.17. The molecule has 0 aliphatic heterocycles. The van der Waals surface area contributed by atoms with E-state index in [1.54, 1.807) is 0 Å². The summed E-state index contributed by atoms with van der Waals surface area (Å²) in [6.45, 7) is 10.7. The van der Waals surface area contributed by atoms with Gasteiger partial charge in [0.15, 0.2) is 0 Å². The van der Waals surface area contributed by atoms with Gasteiger partial charge >= 0.3 is 6.09 Å². The van der Waals surface area contributed by atoms with Gasteiger partial charge in [-0.1, -0.05) is 37.3 Å². The second-order valence-electron chi connectivity index (χ2n) is 7.08. The number of hydrogen-bond acceptors (Lipinski definition) is 3. The molecule has 0 aliphatic carbocycles. The average molecular weight is 320 g/mol. The standard InChI is InChI=1S/C19H32N2O2/c1-6-17(14-16-10-8-7-9-11-16)20-13-12-15(2)21-18(22)23-19(3,4)5/h7-11,15,17,20H,6,12-14H2,1-5H3,(H,21,22). The molecule has 0 fully saturated rings. The zero-order valence-corrected chi connectivity index (χ0v) is 15.2. The number of ether oxygens (including phenoxy) is 1. The third kappa shape index (κ3) is 9.24. The van der Waals surface area contributed by atoms with Crippen LogP contribution in [0.3, 0.4) is 0 Å². The van der Waals surface area contributed by atoms with Gasteiger partial charge in [-0.3, -0.25) is 0 Å². The molecule has 4 heteroatoms. The highest BCUT2D eigenvalue weighted by atomic mass is 16.6. The number of amides is 1. The first-order valence-electron chi connectivity index (χ1n) is 8.57. The predicted molar refractivity (Wildman–Crippen MR) is 95.7 cm³/mol. The molecule has 1 rings (SSSR count). The van der Waals surface area contributed by atoms with Gasteiger partial charge in [0, 0.05) is 12.1 Å². The highest BCUT2D eigenvalue weighted by Crippen LogP contribution is 2.08. The van der Waals surface area contributed by atoms with Crippen molar-refractivity contribution in [3.05, 3.63) is 35.9 Å². The number of nitrogens with one attached hydrogen (secondary N) is 2. The summed E-state index contributed by atoms with van der Waals surface area (Å²) in [7, 11) is 0. The van der Waals surface area contributed by atoms with Crippen LogP contribution in [0.5, 0.6) is 0 Å². The van der Waals surface area contributed by atoms with Crippen LogP contribution < -0.4 is 10.6 Å². The van der Waals surface area contributed by atoms with Crippen molar-refractivity contribution in [3.8, 4) is 0 Å². The van der Waals surface area contributed by atoms with Crippen LogP contribution >= 0.6 is 0 Å². The number of benzene rings is 1. The van der Waals surface area contributed by atoms with Gasteiger partial charge in [0.1, 0.15) is 5.60 Å². The zero-order chi connectivity index (χ0) is 17.3. The molecule has 2 atom stereocenters. The van der Waals surface area contributed by atoms with Crippen LogP contribution in [-0.2, 0) is 11.2 Å². The molecule has 23 heavy (non-hydrogen) atoms. The van der Waals surface area contributed by atoms with E-state index in [2.05, 4.69) is 41.8 Å². The largest absolute Gasteiger partial charge is 0.444 e. The van der Waals surface area contributed by atoms with Crippen molar-refractivity contribution >= 4 is 6.09 Å². The van der Waals surface area contributed by atoms with Gasteiger partial charge in [-0.15, -0.1) is 0 Å². The fourth-order valence-corrected chi connectivity index (χ4v) is 2.34. The maximum absolute atomic E-state index is 11.7. The molecule has 2 N–H and O–H groups in total.